The number of aryl methyl sites for hydroxylation is 1. The molecule has 2 N–H and O–H groups in total. The fourth-order valence-electron chi connectivity index (χ4n) is 2.81. The van der Waals surface area contributed by atoms with Crippen molar-refractivity contribution in [1.29, 1.82) is 0 Å². The first-order valence-electron chi connectivity index (χ1n) is 10.0. The van der Waals surface area contributed by atoms with Crippen molar-refractivity contribution in [3.05, 3.63) is 59.7 Å². The summed E-state index contributed by atoms with van der Waals surface area (Å²) < 4.78 is 5.25. The van der Waals surface area contributed by atoms with Crippen molar-refractivity contribution in [2.75, 3.05) is 10.6 Å². The summed E-state index contributed by atoms with van der Waals surface area (Å²) >= 11 is 0. The van der Waals surface area contributed by atoms with Crippen molar-refractivity contribution in [1.82, 2.24) is 0 Å². The maximum atomic E-state index is 12.3. The standard InChI is InChI=1S/C24H30N2O4/c1-16(23(29)26-21-13-11-20(12-14-21)25-17(2)27)30-22(28)15-8-18-6-9-19(10-7-18)24(3,4)5/h6-7,9-14,16H,8,15H2,1-5H3,(H,25,27)(H,26,29)/t16-/m1/s1. The molecule has 6 nitrogen and oxygen atoms in total. The zero-order valence-corrected chi connectivity index (χ0v) is 18.2. The minimum Gasteiger partial charge on any atom is -0.453 e. The Labute approximate surface area is 178 Å². The second-order valence-corrected chi connectivity index (χ2v) is 8.33. The fraction of sp³-hybridized carbons (Fsp3) is 0.375. The lowest BCUT2D eigenvalue weighted by Crippen LogP contribution is -2.30. The predicted molar refractivity (Wildman–Crippen MR) is 118 cm³/mol. The number of hydrogen-bond acceptors (Lipinski definition) is 4. The van der Waals surface area contributed by atoms with Gasteiger partial charge in [-0.3, -0.25) is 14.4 Å². The zero-order valence-electron chi connectivity index (χ0n) is 18.2. The number of benzene rings is 2. The molecule has 2 aromatic rings. The van der Waals surface area contributed by atoms with E-state index >= 15 is 0 Å². The van der Waals surface area contributed by atoms with E-state index in [-0.39, 0.29) is 17.7 Å². The predicted octanol–water partition coefficient (Wildman–Crippen LogP) is 4.45. The van der Waals surface area contributed by atoms with Crippen LogP contribution in [-0.2, 0) is 31.0 Å². The van der Waals surface area contributed by atoms with Crippen LogP contribution in [0.15, 0.2) is 48.5 Å². The van der Waals surface area contributed by atoms with E-state index in [2.05, 4.69) is 43.5 Å². The van der Waals surface area contributed by atoms with Crippen molar-refractivity contribution in [2.24, 2.45) is 0 Å². The summed E-state index contributed by atoms with van der Waals surface area (Å²) in [6.07, 6.45) is -0.143. The molecule has 0 saturated heterocycles. The van der Waals surface area contributed by atoms with Gasteiger partial charge in [0.05, 0.1) is 0 Å². The SMILES string of the molecule is CC(=O)Nc1ccc(NC(=O)[C@@H](C)OC(=O)CCc2ccc(C(C)(C)C)cc2)cc1. The Morgan fingerprint density at radius 2 is 1.43 bits per heavy atom. The minimum atomic E-state index is -0.907. The van der Waals surface area contributed by atoms with Crippen molar-refractivity contribution >= 4 is 29.2 Å². The average molecular weight is 411 g/mol. The van der Waals surface area contributed by atoms with Gasteiger partial charge in [0.25, 0.3) is 5.91 Å². The first-order chi connectivity index (χ1) is 14.0. The van der Waals surface area contributed by atoms with Crippen LogP contribution >= 0.6 is 0 Å². The maximum absolute atomic E-state index is 12.3. The molecule has 1 atom stereocenters. The normalized spacial score (nSPS) is 12.0. The Bertz CT molecular complexity index is 881. The van der Waals surface area contributed by atoms with E-state index in [1.54, 1.807) is 24.3 Å². The number of carbonyl (C=O) groups excluding carboxylic acids is 3. The molecule has 0 aliphatic rings. The highest BCUT2D eigenvalue weighted by Crippen LogP contribution is 2.22. The average Bonchev–Trinajstić information content (AvgIpc) is 2.67. The number of esters is 1. The molecular formula is C24H30N2O4. The van der Waals surface area contributed by atoms with E-state index in [1.807, 2.05) is 12.1 Å². The second-order valence-electron chi connectivity index (χ2n) is 8.33. The molecular weight excluding hydrogens is 380 g/mol. The molecule has 0 aliphatic heterocycles. The van der Waals surface area contributed by atoms with Gasteiger partial charge < -0.3 is 15.4 Å². The van der Waals surface area contributed by atoms with Gasteiger partial charge in [-0.05, 0) is 54.2 Å². The van der Waals surface area contributed by atoms with Crippen LogP contribution in [0.1, 0.15) is 52.2 Å². The fourth-order valence-corrected chi connectivity index (χ4v) is 2.81. The number of nitrogens with one attached hydrogen (secondary N) is 2. The van der Waals surface area contributed by atoms with E-state index < -0.39 is 18.0 Å². The Morgan fingerprint density at radius 1 is 0.900 bits per heavy atom. The molecule has 0 fully saturated rings. The van der Waals surface area contributed by atoms with Crippen LogP contribution in [0.2, 0.25) is 0 Å². The van der Waals surface area contributed by atoms with Gasteiger partial charge in [0.1, 0.15) is 0 Å². The number of amides is 2. The van der Waals surface area contributed by atoms with Crippen LogP contribution in [-0.4, -0.2) is 23.9 Å². The lowest BCUT2D eigenvalue weighted by Gasteiger charge is -2.19. The highest BCUT2D eigenvalue weighted by molar-refractivity contribution is 5.95. The summed E-state index contributed by atoms with van der Waals surface area (Å²) in [7, 11) is 0. The van der Waals surface area contributed by atoms with E-state index in [4.69, 9.17) is 4.74 Å². The molecule has 2 rings (SSSR count). The third kappa shape index (κ3) is 7.35. The Hall–Kier alpha value is -3.15. The summed E-state index contributed by atoms with van der Waals surface area (Å²) in [6, 6.07) is 14.9. The molecule has 30 heavy (non-hydrogen) atoms. The van der Waals surface area contributed by atoms with Gasteiger partial charge in [-0.1, -0.05) is 45.0 Å². The molecule has 2 aromatic carbocycles. The maximum Gasteiger partial charge on any atom is 0.306 e. The van der Waals surface area contributed by atoms with Crippen LogP contribution in [0.4, 0.5) is 11.4 Å². The van der Waals surface area contributed by atoms with Gasteiger partial charge in [0.2, 0.25) is 5.91 Å². The van der Waals surface area contributed by atoms with Gasteiger partial charge in [-0.25, -0.2) is 0 Å². The van der Waals surface area contributed by atoms with Crippen LogP contribution in [0.25, 0.3) is 0 Å². The van der Waals surface area contributed by atoms with Crippen LogP contribution < -0.4 is 10.6 Å². The summed E-state index contributed by atoms with van der Waals surface area (Å²) in [6.45, 7) is 9.43. The number of ether oxygens (including phenoxy) is 1. The van der Waals surface area contributed by atoms with E-state index in [0.29, 0.717) is 17.8 Å². The van der Waals surface area contributed by atoms with Gasteiger partial charge in [0.15, 0.2) is 6.10 Å². The molecule has 160 valence electrons. The van der Waals surface area contributed by atoms with Gasteiger partial charge in [0, 0.05) is 24.7 Å². The second kappa shape index (κ2) is 10.1. The number of anilines is 2. The van der Waals surface area contributed by atoms with Crippen molar-refractivity contribution in [3.63, 3.8) is 0 Å². The molecule has 0 bridgehead atoms. The summed E-state index contributed by atoms with van der Waals surface area (Å²) in [5.41, 5.74) is 3.57. The molecule has 6 heteroatoms. The lowest BCUT2D eigenvalue weighted by atomic mass is 9.86. The summed E-state index contributed by atoms with van der Waals surface area (Å²) in [4.78, 5) is 35.4. The van der Waals surface area contributed by atoms with Crippen molar-refractivity contribution in [2.45, 2.75) is 59.0 Å². The monoisotopic (exact) mass is 410 g/mol. The molecule has 0 aromatic heterocycles. The largest absolute Gasteiger partial charge is 0.453 e. The van der Waals surface area contributed by atoms with Gasteiger partial charge in [-0.2, -0.15) is 0 Å². The molecule has 0 radical (unpaired) electrons. The number of hydrogen-bond donors (Lipinski definition) is 2. The highest BCUT2D eigenvalue weighted by Gasteiger charge is 2.18. The van der Waals surface area contributed by atoms with Gasteiger partial charge in [-0.15, -0.1) is 0 Å². The Balaban J connectivity index is 1.80. The summed E-state index contributed by atoms with van der Waals surface area (Å²) in [5.74, 6) is -0.999. The molecule has 0 saturated carbocycles. The third-order valence-corrected chi connectivity index (χ3v) is 4.59. The Morgan fingerprint density at radius 3 is 1.93 bits per heavy atom. The molecule has 0 unspecified atom stereocenters. The van der Waals surface area contributed by atoms with E-state index in [9.17, 15) is 14.4 Å². The molecule has 0 spiro atoms. The smallest absolute Gasteiger partial charge is 0.306 e. The van der Waals surface area contributed by atoms with Gasteiger partial charge >= 0.3 is 5.97 Å². The van der Waals surface area contributed by atoms with E-state index in [0.717, 1.165) is 5.56 Å². The highest BCUT2D eigenvalue weighted by atomic mass is 16.5. The summed E-state index contributed by atoms with van der Waals surface area (Å²) in [5, 5.41) is 5.34. The quantitative estimate of drug-likeness (QED) is 0.661. The van der Waals surface area contributed by atoms with E-state index in [1.165, 1.54) is 19.4 Å². The molecule has 0 aliphatic carbocycles. The van der Waals surface area contributed by atoms with Crippen LogP contribution in [0, 0.1) is 0 Å². The van der Waals surface area contributed by atoms with Crippen molar-refractivity contribution in [3.8, 4) is 0 Å². The minimum absolute atomic E-state index is 0.0878. The molecule has 2 amide bonds. The first-order valence-corrected chi connectivity index (χ1v) is 10.0. The van der Waals surface area contributed by atoms with Crippen molar-refractivity contribution < 1.29 is 19.1 Å². The van der Waals surface area contributed by atoms with Crippen LogP contribution in [0.5, 0.6) is 0 Å². The Kier molecular flexibility index (Phi) is 7.75. The van der Waals surface area contributed by atoms with Crippen LogP contribution in [0.3, 0.4) is 0 Å². The third-order valence-electron chi connectivity index (χ3n) is 4.59. The molecule has 0 heterocycles. The topological polar surface area (TPSA) is 84.5 Å². The number of rotatable bonds is 7. The lowest BCUT2D eigenvalue weighted by molar-refractivity contribution is -0.153. The first kappa shape index (κ1) is 23.1. The zero-order chi connectivity index (χ0) is 22.3. The number of carbonyl (C=O) groups is 3.